The predicted molar refractivity (Wildman–Crippen MR) is 73.9 cm³/mol. The lowest BCUT2D eigenvalue weighted by Gasteiger charge is -2.29. The van der Waals surface area contributed by atoms with E-state index in [2.05, 4.69) is 5.32 Å². The Morgan fingerprint density at radius 2 is 1.95 bits per heavy atom. The second-order valence-corrected chi connectivity index (χ2v) is 4.90. The van der Waals surface area contributed by atoms with Gasteiger partial charge in [0.2, 0.25) is 5.91 Å². The summed E-state index contributed by atoms with van der Waals surface area (Å²) in [6, 6.07) is -0.263. The van der Waals surface area contributed by atoms with Gasteiger partial charge in [0.25, 0.3) is 0 Å². The molecule has 0 spiro atoms. The van der Waals surface area contributed by atoms with Crippen molar-refractivity contribution in [2.24, 2.45) is 0 Å². The van der Waals surface area contributed by atoms with Crippen molar-refractivity contribution < 1.29 is 14.7 Å². The monoisotopic (exact) mass is 268 g/mol. The molecular weight excluding hydrogens is 244 g/mol. The number of nitrogens with one attached hydrogen (secondary N) is 1. The molecule has 0 aromatic carbocycles. The molecule has 1 unspecified atom stereocenters. The summed E-state index contributed by atoms with van der Waals surface area (Å²) in [4.78, 5) is 24.8. The van der Waals surface area contributed by atoms with Gasteiger partial charge in [0.05, 0.1) is 6.04 Å². The maximum Gasteiger partial charge on any atom is 0.331 e. The molecule has 5 nitrogen and oxygen atoms in total. The SMILES string of the molecule is CCC(=CCNC(C)C(=O)N1CCCCC1)C(=O)O. The summed E-state index contributed by atoms with van der Waals surface area (Å²) in [5, 5.41) is 11.9. The molecule has 1 fully saturated rings. The topological polar surface area (TPSA) is 69.6 Å². The van der Waals surface area contributed by atoms with Crippen molar-refractivity contribution in [3.8, 4) is 0 Å². The number of carbonyl (C=O) groups excluding carboxylic acids is 1. The van der Waals surface area contributed by atoms with Crippen molar-refractivity contribution in [3.05, 3.63) is 11.6 Å². The fourth-order valence-electron chi connectivity index (χ4n) is 2.22. The largest absolute Gasteiger partial charge is 0.478 e. The van der Waals surface area contributed by atoms with Crippen molar-refractivity contribution in [3.63, 3.8) is 0 Å². The second kappa shape index (κ2) is 7.94. The van der Waals surface area contributed by atoms with E-state index in [1.807, 2.05) is 18.7 Å². The quantitative estimate of drug-likeness (QED) is 0.714. The summed E-state index contributed by atoms with van der Waals surface area (Å²) in [5.41, 5.74) is 0.380. The van der Waals surface area contributed by atoms with Crippen molar-refractivity contribution >= 4 is 11.9 Å². The number of carboxylic acids is 1. The van der Waals surface area contributed by atoms with Crippen molar-refractivity contribution in [2.45, 2.75) is 45.6 Å². The van der Waals surface area contributed by atoms with E-state index in [9.17, 15) is 9.59 Å². The van der Waals surface area contributed by atoms with Crippen LogP contribution in [-0.2, 0) is 9.59 Å². The minimum Gasteiger partial charge on any atom is -0.478 e. The first-order valence-electron chi connectivity index (χ1n) is 7.00. The molecule has 1 aliphatic heterocycles. The lowest BCUT2D eigenvalue weighted by Crippen LogP contribution is -2.46. The molecule has 5 heteroatoms. The van der Waals surface area contributed by atoms with Crippen LogP contribution in [0, 0.1) is 0 Å². The third kappa shape index (κ3) is 5.03. The van der Waals surface area contributed by atoms with Crippen LogP contribution < -0.4 is 5.32 Å². The number of likely N-dealkylation sites (tertiary alicyclic amines) is 1. The molecule has 108 valence electrons. The first-order valence-corrected chi connectivity index (χ1v) is 7.00. The molecule has 1 atom stereocenters. The summed E-state index contributed by atoms with van der Waals surface area (Å²) in [7, 11) is 0. The number of aliphatic carboxylic acids is 1. The number of hydrogen-bond donors (Lipinski definition) is 2. The van der Waals surface area contributed by atoms with Crippen LogP contribution in [0.2, 0.25) is 0 Å². The van der Waals surface area contributed by atoms with E-state index < -0.39 is 5.97 Å². The minimum atomic E-state index is -0.890. The molecule has 1 rings (SSSR count). The predicted octanol–water partition coefficient (Wildman–Crippen LogP) is 1.40. The van der Waals surface area contributed by atoms with E-state index in [0.717, 1.165) is 25.9 Å². The Balaban J connectivity index is 2.39. The molecule has 0 radical (unpaired) electrons. The number of hydrogen-bond acceptors (Lipinski definition) is 3. The summed E-state index contributed by atoms with van der Waals surface area (Å²) < 4.78 is 0. The van der Waals surface area contributed by atoms with Crippen molar-refractivity contribution in [1.82, 2.24) is 10.2 Å². The Morgan fingerprint density at radius 3 is 2.47 bits per heavy atom. The van der Waals surface area contributed by atoms with Crippen LogP contribution in [0.5, 0.6) is 0 Å². The van der Waals surface area contributed by atoms with E-state index >= 15 is 0 Å². The highest BCUT2D eigenvalue weighted by Gasteiger charge is 2.21. The number of rotatable bonds is 6. The van der Waals surface area contributed by atoms with Gasteiger partial charge >= 0.3 is 5.97 Å². The van der Waals surface area contributed by atoms with E-state index in [0.29, 0.717) is 18.5 Å². The Bertz CT molecular complexity index is 347. The van der Waals surface area contributed by atoms with Gasteiger partial charge in [-0.15, -0.1) is 0 Å². The third-order valence-electron chi connectivity index (χ3n) is 3.47. The van der Waals surface area contributed by atoms with Crippen LogP contribution in [0.4, 0.5) is 0 Å². The van der Waals surface area contributed by atoms with Gasteiger partial charge in [-0.3, -0.25) is 4.79 Å². The number of nitrogens with zero attached hydrogens (tertiary/aromatic N) is 1. The zero-order valence-electron chi connectivity index (χ0n) is 11.8. The minimum absolute atomic E-state index is 0.112. The molecule has 19 heavy (non-hydrogen) atoms. The highest BCUT2D eigenvalue weighted by molar-refractivity contribution is 5.86. The summed E-state index contributed by atoms with van der Waals surface area (Å²) in [5.74, 6) is -0.777. The van der Waals surface area contributed by atoms with E-state index in [-0.39, 0.29) is 11.9 Å². The molecule has 0 bridgehead atoms. The molecule has 2 N–H and O–H groups in total. The van der Waals surface area contributed by atoms with Crippen LogP contribution in [0.15, 0.2) is 11.6 Å². The zero-order valence-corrected chi connectivity index (χ0v) is 11.8. The Kier molecular flexibility index (Phi) is 6.56. The number of piperidine rings is 1. The molecule has 1 heterocycles. The van der Waals surface area contributed by atoms with E-state index in [1.54, 1.807) is 6.08 Å². The lowest BCUT2D eigenvalue weighted by atomic mass is 10.1. The Labute approximate surface area is 114 Å². The van der Waals surface area contributed by atoms with Gasteiger partial charge in [0.1, 0.15) is 0 Å². The number of carboxylic acid groups (broad SMARTS) is 1. The Morgan fingerprint density at radius 1 is 1.32 bits per heavy atom. The number of carbonyl (C=O) groups is 2. The van der Waals surface area contributed by atoms with Gasteiger partial charge in [-0.2, -0.15) is 0 Å². The average Bonchev–Trinajstić information content (AvgIpc) is 2.43. The maximum atomic E-state index is 12.1. The Hall–Kier alpha value is -1.36. The first kappa shape index (κ1) is 15.7. The van der Waals surface area contributed by atoms with Crippen LogP contribution in [0.3, 0.4) is 0 Å². The van der Waals surface area contributed by atoms with Crippen LogP contribution in [0.25, 0.3) is 0 Å². The van der Waals surface area contributed by atoms with E-state index in [4.69, 9.17) is 5.11 Å². The second-order valence-electron chi connectivity index (χ2n) is 4.90. The molecule has 0 aromatic rings. The summed E-state index contributed by atoms with van der Waals surface area (Å²) in [6.45, 7) is 5.74. The van der Waals surface area contributed by atoms with Gasteiger partial charge in [0, 0.05) is 25.2 Å². The van der Waals surface area contributed by atoms with Crippen LogP contribution >= 0.6 is 0 Å². The molecule has 1 aliphatic rings. The van der Waals surface area contributed by atoms with Gasteiger partial charge in [-0.25, -0.2) is 4.79 Å². The maximum absolute atomic E-state index is 12.1. The van der Waals surface area contributed by atoms with Gasteiger partial charge in [-0.1, -0.05) is 13.0 Å². The summed E-state index contributed by atoms with van der Waals surface area (Å²) >= 11 is 0. The molecular formula is C14H24N2O3. The number of amides is 1. The van der Waals surface area contributed by atoms with Crippen LogP contribution in [0.1, 0.15) is 39.5 Å². The molecule has 0 aromatic heterocycles. The summed E-state index contributed by atoms with van der Waals surface area (Å²) in [6.07, 6.45) is 5.50. The van der Waals surface area contributed by atoms with Crippen LogP contribution in [-0.4, -0.2) is 47.6 Å². The van der Waals surface area contributed by atoms with Gasteiger partial charge < -0.3 is 15.3 Å². The first-order chi connectivity index (χ1) is 9.06. The molecule has 1 amide bonds. The van der Waals surface area contributed by atoms with Crippen molar-refractivity contribution in [1.29, 1.82) is 0 Å². The average molecular weight is 268 g/mol. The third-order valence-corrected chi connectivity index (χ3v) is 3.47. The van der Waals surface area contributed by atoms with Crippen molar-refractivity contribution in [2.75, 3.05) is 19.6 Å². The molecule has 0 saturated carbocycles. The van der Waals surface area contributed by atoms with Gasteiger partial charge in [0.15, 0.2) is 0 Å². The highest BCUT2D eigenvalue weighted by Crippen LogP contribution is 2.10. The standard InChI is InChI=1S/C14H24N2O3/c1-3-12(14(18)19)7-8-15-11(2)13(17)16-9-5-4-6-10-16/h7,11,15H,3-6,8-10H2,1-2H3,(H,18,19). The fourth-order valence-corrected chi connectivity index (χ4v) is 2.22. The smallest absolute Gasteiger partial charge is 0.331 e. The van der Waals surface area contributed by atoms with Gasteiger partial charge in [-0.05, 0) is 32.6 Å². The van der Waals surface area contributed by atoms with E-state index in [1.165, 1.54) is 6.42 Å². The zero-order chi connectivity index (χ0) is 14.3. The molecule has 1 saturated heterocycles. The lowest BCUT2D eigenvalue weighted by molar-refractivity contribution is -0.134. The highest BCUT2D eigenvalue weighted by atomic mass is 16.4. The fraction of sp³-hybridized carbons (Fsp3) is 0.714. The molecule has 0 aliphatic carbocycles. The normalized spacial score (nSPS) is 18.2.